The minimum atomic E-state index is -3.87. The van der Waals surface area contributed by atoms with Crippen molar-refractivity contribution in [2.45, 2.75) is 36.1 Å². The van der Waals surface area contributed by atoms with Crippen molar-refractivity contribution in [3.05, 3.63) is 69.2 Å². The van der Waals surface area contributed by atoms with E-state index in [0.29, 0.717) is 28.0 Å². The summed E-state index contributed by atoms with van der Waals surface area (Å²) in [6, 6.07) is 13.5. The van der Waals surface area contributed by atoms with Crippen molar-refractivity contribution < 1.29 is 13.2 Å². The number of nitrogens with zero attached hydrogens (tertiary/aromatic N) is 4. The van der Waals surface area contributed by atoms with Crippen LogP contribution in [0.4, 0.5) is 5.13 Å². The van der Waals surface area contributed by atoms with E-state index in [4.69, 9.17) is 16.6 Å². The van der Waals surface area contributed by atoms with E-state index in [-0.39, 0.29) is 23.2 Å². The van der Waals surface area contributed by atoms with Crippen LogP contribution in [0.25, 0.3) is 10.2 Å². The number of aromatic nitrogens is 2. The molecule has 0 saturated carbocycles. The summed E-state index contributed by atoms with van der Waals surface area (Å²) in [5.41, 5.74) is 1.46. The molecular weight excluding hydrogens is 592 g/mol. The number of anilines is 1. The van der Waals surface area contributed by atoms with Crippen LogP contribution in [0.15, 0.2) is 63.4 Å². The van der Waals surface area contributed by atoms with Gasteiger partial charge >= 0.3 is 0 Å². The molecule has 1 saturated heterocycles. The highest BCUT2D eigenvalue weighted by atomic mass is 79.9. The van der Waals surface area contributed by atoms with Crippen molar-refractivity contribution in [2.75, 3.05) is 11.4 Å². The van der Waals surface area contributed by atoms with E-state index in [9.17, 15) is 13.2 Å². The zero-order chi connectivity index (χ0) is 24.6. The molecule has 4 heterocycles. The number of sulfonamides is 1. The molecule has 1 aromatic carbocycles. The minimum Gasteiger partial charge on any atom is -0.281 e. The van der Waals surface area contributed by atoms with Crippen molar-refractivity contribution in [3.63, 3.8) is 0 Å². The molecular formula is C23H20BrClN4O3S3. The molecule has 1 aliphatic rings. The van der Waals surface area contributed by atoms with Crippen LogP contribution in [0.1, 0.15) is 25.0 Å². The quantitative estimate of drug-likeness (QED) is 0.269. The summed E-state index contributed by atoms with van der Waals surface area (Å²) in [5.74, 6) is -0.306. The van der Waals surface area contributed by atoms with Crippen molar-refractivity contribution in [2.24, 2.45) is 0 Å². The maximum absolute atomic E-state index is 14.1. The maximum atomic E-state index is 14.1. The van der Waals surface area contributed by atoms with Gasteiger partial charge in [-0.05, 0) is 55.3 Å². The number of fused-ring (bicyclic) bond motifs is 1. The monoisotopic (exact) mass is 610 g/mol. The van der Waals surface area contributed by atoms with E-state index < -0.39 is 16.1 Å². The molecule has 0 spiro atoms. The predicted molar refractivity (Wildman–Crippen MR) is 144 cm³/mol. The van der Waals surface area contributed by atoms with E-state index in [0.717, 1.165) is 32.4 Å². The summed E-state index contributed by atoms with van der Waals surface area (Å²) < 4.78 is 30.7. The lowest BCUT2D eigenvalue weighted by Gasteiger charge is -2.35. The molecule has 7 nitrogen and oxygen atoms in total. The van der Waals surface area contributed by atoms with Crippen LogP contribution in [0, 0.1) is 0 Å². The highest BCUT2D eigenvalue weighted by molar-refractivity contribution is 9.10. The van der Waals surface area contributed by atoms with E-state index in [2.05, 4.69) is 20.9 Å². The molecule has 1 atom stereocenters. The zero-order valence-corrected chi connectivity index (χ0v) is 23.1. The molecule has 0 bridgehead atoms. The highest BCUT2D eigenvalue weighted by Crippen LogP contribution is 2.35. The van der Waals surface area contributed by atoms with Crippen molar-refractivity contribution in [1.29, 1.82) is 0 Å². The van der Waals surface area contributed by atoms with Crippen LogP contribution >= 0.6 is 50.2 Å². The number of amides is 1. The van der Waals surface area contributed by atoms with Gasteiger partial charge in [-0.3, -0.25) is 14.7 Å². The molecule has 1 aliphatic heterocycles. The highest BCUT2D eigenvalue weighted by Gasteiger charge is 2.41. The Morgan fingerprint density at radius 2 is 2.03 bits per heavy atom. The molecule has 0 radical (unpaired) electrons. The SMILES string of the molecule is O=C(C1CCCCN1S(=O)(=O)c1ccc(Cl)s1)N(Cc1ccccn1)c1nc2ccc(Br)cc2s1. The summed E-state index contributed by atoms with van der Waals surface area (Å²) in [6.45, 7) is 0.467. The minimum absolute atomic E-state index is 0.142. The molecule has 12 heteroatoms. The number of hydrogen-bond acceptors (Lipinski definition) is 7. The van der Waals surface area contributed by atoms with Gasteiger partial charge in [0.2, 0.25) is 5.91 Å². The van der Waals surface area contributed by atoms with Crippen LogP contribution in [-0.4, -0.2) is 41.2 Å². The number of benzene rings is 1. The maximum Gasteiger partial charge on any atom is 0.253 e. The Labute approximate surface area is 224 Å². The van der Waals surface area contributed by atoms with Crippen molar-refractivity contribution in [1.82, 2.24) is 14.3 Å². The molecule has 5 rings (SSSR count). The van der Waals surface area contributed by atoms with Crippen LogP contribution < -0.4 is 4.90 Å². The summed E-state index contributed by atoms with van der Waals surface area (Å²) in [6.07, 6.45) is 3.56. The first-order chi connectivity index (χ1) is 16.8. The number of piperidine rings is 1. The molecule has 0 N–H and O–H groups in total. The first-order valence-corrected chi connectivity index (χ1v) is 15.1. The number of halogens is 2. The van der Waals surface area contributed by atoms with E-state index >= 15 is 0 Å². The standard InChI is InChI=1S/C23H20BrClN4O3S3/c24-15-7-8-17-19(13-15)33-23(27-17)28(14-16-5-1-3-11-26-16)22(30)18-6-2-4-12-29(18)35(31,32)21-10-9-20(25)34-21/h1,3,5,7-11,13,18H,2,4,6,12,14H2. The smallest absolute Gasteiger partial charge is 0.253 e. The molecule has 35 heavy (non-hydrogen) atoms. The third-order valence-corrected chi connectivity index (χ3v) is 10.9. The summed E-state index contributed by atoms with van der Waals surface area (Å²) in [5, 5.41) is 0.510. The second-order valence-corrected chi connectivity index (χ2v) is 13.8. The van der Waals surface area contributed by atoms with Gasteiger partial charge in [0.1, 0.15) is 10.3 Å². The Kier molecular flexibility index (Phi) is 7.25. The lowest BCUT2D eigenvalue weighted by atomic mass is 10.0. The lowest BCUT2D eigenvalue weighted by molar-refractivity contribution is -0.123. The Morgan fingerprint density at radius 1 is 1.17 bits per heavy atom. The fourth-order valence-corrected chi connectivity index (χ4v) is 8.85. The van der Waals surface area contributed by atoms with Gasteiger partial charge in [0, 0.05) is 17.2 Å². The fourth-order valence-electron chi connectivity index (χ4n) is 4.07. The fraction of sp³-hybridized carbons (Fsp3) is 0.261. The molecule has 0 aliphatic carbocycles. The van der Waals surface area contributed by atoms with Crippen LogP contribution in [0.2, 0.25) is 4.34 Å². The number of hydrogen-bond donors (Lipinski definition) is 0. The topological polar surface area (TPSA) is 83.5 Å². The lowest BCUT2D eigenvalue weighted by Crippen LogP contribution is -2.52. The first kappa shape index (κ1) is 24.8. The normalized spacial score (nSPS) is 17.0. The second kappa shape index (κ2) is 10.2. The van der Waals surface area contributed by atoms with Gasteiger partial charge in [-0.1, -0.05) is 51.4 Å². The summed E-state index contributed by atoms with van der Waals surface area (Å²) in [4.78, 5) is 24.7. The van der Waals surface area contributed by atoms with Crippen LogP contribution in [0.5, 0.6) is 0 Å². The Bertz CT molecular complexity index is 1480. The van der Waals surface area contributed by atoms with Crippen LogP contribution in [-0.2, 0) is 21.4 Å². The summed E-state index contributed by atoms with van der Waals surface area (Å²) >= 11 is 11.9. The second-order valence-electron chi connectivity index (χ2n) is 8.04. The van der Waals surface area contributed by atoms with E-state index in [1.807, 2.05) is 36.4 Å². The van der Waals surface area contributed by atoms with Crippen LogP contribution in [0.3, 0.4) is 0 Å². The first-order valence-electron chi connectivity index (χ1n) is 10.9. The van der Waals surface area contributed by atoms with Gasteiger partial charge in [-0.15, -0.1) is 11.3 Å². The molecule has 1 unspecified atom stereocenters. The number of carbonyl (C=O) groups is 1. The van der Waals surface area contributed by atoms with E-state index in [1.54, 1.807) is 17.2 Å². The zero-order valence-electron chi connectivity index (χ0n) is 18.3. The molecule has 1 fully saturated rings. The van der Waals surface area contributed by atoms with Gasteiger partial charge in [0.15, 0.2) is 5.13 Å². The molecule has 3 aromatic heterocycles. The number of rotatable bonds is 6. The average Bonchev–Trinajstić information content (AvgIpc) is 3.49. The Hall–Kier alpha value is -1.89. The molecule has 182 valence electrons. The van der Waals surface area contributed by atoms with Gasteiger partial charge in [0.05, 0.1) is 26.8 Å². The predicted octanol–water partition coefficient (Wildman–Crippen LogP) is 5.95. The number of thiophene rings is 1. The van der Waals surface area contributed by atoms with Gasteiger partial charge in [0.25, 0.3) is 10.0 Å². The number of thiazole rings is 1. The van der Waals surface area contributed by atoms with Crippen molar-refractivity contribution >= 4 is 81.5 Å². The number of carbonyl (C=O) groups excluding carboxylic acids is 1. The molecule has 4 aromatic rings. The Morgan fingerprint density at radius 3 is 2.77 bits per heavy atom. The average molecular weight is 612 g/mol. The van der Waals surface area contributed by atoms with Gasteiger partial charge in [-0.25, -0.2) is 13.4 Å². The van der Waals surface area contributed by atoms with E-state index in [1.165, 1.54) is 21.7 Å². The van der Waals surface area contributed by atoms with Crippen molar-refractivity contribution in [3.8, 4) is 0 Å². The Balaban J connectivity index is 1.54. The van der Waals surface area contributed by atoms with Gasteiger partial charge in [-0.2, -0.15) is 4.31 Å². The van der Waals surface area contributed by atoms with Gasteiger partial charge < -0.3 is 0 Å². The molecule has 1 amide bonds. The third kappa shape index (κ3) is 5.16. The number of pyridine rings is 1. The third-order valence-electron chi connectivity index (χ3n) is 5.73. The summed E-state index contributed by atoms with van der Waals surface area (Å²) in [7, 11) is -3.87. The largest absolute Gasteiger partial charge is 0.281 e.